The Kier molecular flexibility index (Phi) is 32.0. The van der Waals surface area contributed by atoms with Crippen molar-refractivity contribution in [1.82, 2.24) is 0 Å². The molecule has 5 atom stereocenters. The Bertz CT molecular complexity index is 765. The van der Waals surface area contributed by atoms with Crippen molar-refractivity contribution in [2.24, 2.45) is 23.7 Å². The lowest BCUT2D eigenvalue weighted by Gasteiger charge is -2.17. The van der Waals surface area contributed by atoms with Gasteiger partial charge in [0.15, 0.2) is 0 Å². The van der Waals surface area contributed by atoms with Crippen molar-refractivity contribution in [3.05, 3.63) is 0 Å². The minimum absolute atomic E-state index is 0.267. The molecule has 0 spiro atoms. The highest BCUT2D eigenvalue weighted by molar-refractivity contribution is 5.80. The fraction of sp³-hybridized carbons (Fsp3) is 0.957. The molecule has 2 N–H and O–H groups in total. The molecule has 0 saturated heterocycles. The third-order valence-electron chi connectivity index (χ3n) is 12.3. The largest absolute Gasteiger partial charge is 0.481 e. The first-order valence-corrected chi connectivity index (χ1v) is 22.8. The molecule has 1 aliphatic rings. The molecule has 4 heteroatoms. The van der Waals surface area contributed by atoms with Gasteiger partial charge in [-0.2, -0.15) is 0 Å². The number of unbranched alkanes of at least 4 members (excludes halogenated alkanes) is 27. The monoisotopic (exact) mass is 705 g/mol. The number of carbonyl (C=O) groups is 2. The van der Waals surface area contributed by atoms with Gasteiger partial charge in [-0.05, 0) is 43.9 Å². The molecule has 1 aliphatic carbocycles. The van der Waals surface area contributed by atoms with Gasteiger partial charge in [-0.3, -0.25) is 9.59 Å². The van der Waals surface area contributed by atoms with E-state index in [2.05, 4.69) is 13.8 Å². The lowest BCUT2D eigenvalue weighted by Crippen LogP contribution is -2.27. The number of hydrogen-bond donors (Lipinski definition) is 2. The maximum atomic E-state index is 11.9. The van der Waals surface area contributed by atoms with Crippen LogP contribution in [0.2, 0.25) is 0 Å². The summed E-state index contributed by atoms with van der Waals surface area (Å²) in [6.07, 6.45) is 46.4. The zero-order valence-electron chi connectivity index (χ0n) is 34.1. The highest BCUT2D eigenvalue weighted by Gasteiger charge is 2.35. The molecule has 0 amide bonds. The van der Waals surface area contributed by atoms with Crippen molar-refractivity contribution in [2.45, 2.75) is 258 Å². The predicted octanol–water partition coefficient (Wildman–Crippen LogP) is 14.6. The molecule has 50 heavy (non-hydrogen) atoms. The van der Waals surface area contributed by atoms with E-state index in [0.29, 0.717) is 18.6 Å². The van der Waals surface area contributed by atoms with Gasteiger partial charge < -0.3 is 10.2 Å². The van der Waals surface area contributed by atoms with E-state index in [1.54, 1.807) is 0 Å². The maximum Gasteiger partial charge on any atom is 0.309 e. The van der Waals surface area contributed by atoms with Gasteiger partial charge in [0.1, 0.15) is 5.78 Å². The van der Waals surface area contributed by atoms with Crippen LogP contribution in [-0.4, -0.2) is 28.1 Å². The Hall–Kier alpha value is -0.900. The molecule has 0 aromatic heterocycles. The van der Waals surface area contributed by atoms with E-state index >= 15 is 0 Å². The minimum atomic E-state index is -0.862. The number of rotatable bonds is 40. The Morgan fingerprint density at radius 3 is 1.14 bits per heavy atom. The first-order chi connectivity index (χ1) is 24.4. The van der Waals surface area contributed by atoms with Gasteiger partial charge in [0, 0.05) is 12.3 Å². The van der Waals surface area contributed by atoms with Gasteiger partial charge in [-0.25, -0.2) is 0 Å². The summed E-state index contributed by atoms with van der Waals surface area (Å²) in [6, 6.07) is 0. The van der Waals surface area contributed by atoms with Crippen LogP contribution < -0.4 is 0 Å². The van der Waals surface area contributed by atoms with Crippen LogP contribution in [0.3, 0.4) is 0 Å². The van der Waals surface area contributed by atoms with Crippen molar-refractivity contribution in [1.29, 1.82) is 0 Å². The highest BCUT2D eigenvalue weighted by atomic mass is 16.4. The number of Topliss-reactive ketones (excluding diaryl/α,β-unsaturated/α-hetero) is 1. The average molecular weight is 705 g/mol. The van der Waals surface area contributed by atoms with E-state index in [9.17, 15) is 14.7 Å². The van der Waals surface area contributed by atoms with Gasteiger partial charge >= 0.3 is 5.97 Å². The van der Waals surface area contributed by atoms with Gasteiger partial charge in [-0.15, -0.1) is 0 Å². The van der Waals surface area contributed by atoms with Crippen LogP contribution in [0, 0.1) is 23.7 Å². The molecule has 0 aromatic carbocycles. The second kappa shape index (κ2) is 33.9. The molecular formula is C46H88O4. The van der Waals surface area contributed by atoms with Gasteiger partial charge in [0.2, 0.25) is 0 Å². The van der Waals surface area contributed by atoms with E-state index < -0.39 is 18.0 Å². The molecule has 0 radical (unpaired) electrons. The van der Waals surface area contributed by atoms with E-state index in [-0.39, 0.29) is 5.92 Å². The van der Waals surface area contributed by atoms with Crippen molar-refractivity contribution in [2.75, 3.05) is 0 Å². The van der Waals surface area contributed by atoms with Crippen LogP contribution in [0.1, 0.15) is 252 Å². The second-order valence-corrected chi connectivity index (χ2v) is 16.8. The summed E-state index contributed by atoms with van der Waals surface area (Å²) < 4.78 is 0. The van der Waals surface area contributed by atoms with Crippen LogP contribution in [0.25, 0.3) is 0 Å². The molecule has 0 bridgehead atoms. The molecule has 1 fully saturated rings. The normalized spacial score (nSPS) is 17.5. The number of aliphatic hydroxyl groups is 1. The van der Waals surface area contributed by atoms with Crippen LogP contribution in [0.5, 0.6) is 0 Å². The Morgan fingerprint density at radius 2 is 0.820 bits per heavy atom. The average Bonchev–Trinajstić information content (AvgIpc) is 3.86. The van der Waals surface area contributed by atoms with E-state index in [1.165, 1.54) is 186 Å². The first-order valence-electron chi connectivity index (χ1n) is 22.8. The van der Waals surface area contributed by atoms with Crippen molar-refractivity contribution in [3.8, 4) is 0 Å². The summed E-state index contributed by atoms with van der Waals surface area (Å²) in [4.78, 5) is 23.0. The number of carbonyl (C=O) groups excluding carboxylic acids is 1. The van der Waals surface area contributed by atoms with Gasteiger partial charge in [0.25, 0.3) is 0 Å². The van der Waals surface area contributed by atoms with Crippen LogP contribution in [0.4, 0.5) is 0 Å². The number of aliphatic carboxylic acids is 1. The van der Waals surface area contributed by atoms with Crippen LogP contribution in [0.15, 0.2) is 0 Å². The van der Waals surface area contributed by atoms with E-state index in [4.69, 9.17) is 5.11 Å². The fourth-order valence-electron chi connectivity index (χ4n) is 8.19. The van der Waals surface area contributed by atoms with Crippen LogP contribution >= 0.6 is 0 Å². The van der Waals surface area contributed by atoms with Gasteiger partial charge in [0.05, 0.1) is 12.0 Å². The Balaban J connectivity index is 1.71. The van der Waals surface area contributed by atoms with Crippen LogP contribution in [-0.2, 0) is 9.59 Å². The predicted molar refractivity (Wildman–Crippen MR) is 216 cm³/mol. The zero-order chi connectivity index (χ0) is 36.5. The standard InChI is InChI=1S/C46H88O4/c1-4-40(3)44(47)37-33-29-25-21-17-13-9-7-6-8-11-15-19-23-27-31-35-41-39-42(41)36-32-28-24-20-16-12-10-14-18-22-26-30-34-38-45(48)43(5-2)46(49)50/h40-43,45,48H,4-39H2,1-3H3,(H,49,50)/t40-,41-,42+,43+,45+/m0/s1. The summed E-state index contributed by atoms with van der Waals surface area (Å²) in [5, 5.41) is 19.2. The van der Waals surface area contributed by atoms with Crippen molar-refractivity contribution in [3.63, 3.8) is 0 Å². The molecule has 0 heterocycles. The summed E-state index contributed by atoms with van der Waals surface area (Å²) in [5.41, 5.74) is 0. The molecule has 0 aromatic rings. The van der Waals surface area contributed by atoms with Crippen molar-refractivity contribution < 1.29 is 19.8 Å². The molecule has 4 nitrogen and oxygen atoms in total. The summed E-state index contributed by atoms with van der Waals surface area (Å²) in [5.74, 6) is 1.44. The second-order valence-electron chi connectivity index (χ2n) is 16.8. The number of hydrogen-bond acceptors (Lipinski definition) is 3. The smallest absolute Gasteiger partial charge is 0.309 e. The Labute approximate surface area is 312 Å². The van der Waals surface area contributed by atoms with Gasteiger partial charge in [-0.1, -0.05) is 213 Å². The lowest BCUT2D eigenvalue weighted by atomic mass is 9.95. The minimum Gasteiger partial charge on any atom is -0.481 e. The topological polar surface area (TPSA) is 74.6 Å². The molecule has 296 valence electrons. The number of carboxylic acids is 1. The van der Waals surface area contributed by atoms with Crippen molar-refractivity contribution >= 4 is 11.8 Å². The number of ketones is 1. The zero-order valence-corrected chi connectivity index (χ0v) is 34.1. The SMILES string of the molecule is CC[C@H](C)C(=O)CCCCCCCCCCCCCCCCCC[C@H]1C[C@H]1CCCCCCCCCCCCCCC[C@@H](O)[C@@H](CC)C(=O)O. The third-order valence-corrected chi connectivity index (χ3v) is 12.3. The Morgan fingerprint density at radius 1 is 0.500 bits per heavy atom. The van der Waals surface area contributed by atoms with E-state index in [1.807, 2.05) is 6.92 Å². The molecular weight excluding hydrogens is 617 g/mol. The molecule has 0 aliphatic heterocycles. The molecule has 1 saturated carbocycles. The number of carboxylic acid groups (broad SMARTS) is 1. The first kappa shape index (κ1) is 47.1. The quantitative estimate of drug-likeness (QED) is 0.0623. The summed E-state index contributed by atoms with van der Waals surface area (Å²) in [7, 11) is 0. The molecule has 0 unspecified atom stereocenters. The summed E-state index contributed by atoms with van der Waals surface area (Å²) >= 11 is 0. The van der Waals surface area contributed by atoms with E-state index in [0.717, 1.165) is 43.9 Å². The highest BCUT2D eigenvalue weighted by Crippen LogP contribution is 2.45. The maximum absolute atomic E-state index is 11.9. The number of aliphatic hydroxyl groups excluding tert-OH is 1. The molecule has 1 rings (SSSR count). The fourth-order valence-corrected chi connectivity index (χ4v) is 8.19. The lowest BCUT2D eigenvalue weighted by molar-refractivity contribution is -0.146. The third kappa shape index (κ3) is 27.7. The summed E-state index contributed by atoms with van der Waals surface area (Å²) in [6.45, 7) is 6.02.